The maximum Gasteiger partial charge on any atom is 0.241 e. The van der Waals surface area contributed by atoms with E-state index in [0.29, 0.717) is 4.90 Å². The first kappa shape index (κ1) is 18.4. The molecule has 0 aliphatic rings. The number of sulfonamides is 1. The SMILES string of the molecule is Cc1cc(C)c(S(=O)(=O)NC(C)c2ccc(-n3ccnc3)cc2)c(C)c1. The van der Waals surface area contributed by atoms with Crippen molar-refractivity contribution in [3.63, 3.8) is 0 Å². The number of aryl methyl sites for hydroxylation is 3. The molecule has 5 nitrogen and oxygen atoms in total. The number of benzene rings is 2. The third-order valence-electron chi connectivity index (χ3n) is 4.40. The zero-order valence-electron chi connectivity index (χ0n) is 15.4. The number of aromatic nitrogens is 2. The smallest absolute Gasteiger partial charge is 0.241 e. The van der Waals surface area contributed by atoms with E-state index >= 15 is 0 Å². The van der Waals surface area contributed by atoms with Crippen molar-refractivity contribution in [2.45, 2.75) is 38.6 Å². The first-order valence-corrected chi connectivity index (χ1v) is 9.95. The highest BCUT2D eigenvalue weighted by Gasteiger charge is 2.22. The van der Waals surface area contributed by atoms with E-state index in [1.807, 2.05) is 74.9 Å². The molecule has 26 heavy (non-hydrogen) atoms. The van der Waals surface area contributed by atoms with Gasteiger partial charge in [-0.2, -0.15) is 0 Å². The highest BCUT2D eigenvalue weighted by Crippen LogP contribution is 2.24. The number of nitrogens with zero attached hydrogens (tertiary/aromatic N) is 2. The van der Waals surface area contributed by atoms with Crippen molar-refractivity contribution in [1.82, 2.24) is 14.3 Å². The van der Waals surface area contributed by atoms with E-state index in [1.165, 1.54) is 0 Å². The summed E-state index contributed by atoms with van der Waals surface area (Å²) in [5.41, 5.74) is 4.46. The van der Waals surface area contributed by atoms with Gasteiger partial charge in [0.05, 0.1) is 11.2 Å². The zero-order valence-corrected chi connectivity index (χ0v) is 16.2. The van der Waals surface area contributed by atoms with Crippen LogP contribution < -0.4 is 4.72 Å². The lowest BCUT2D eigenvalue weighted by Gasteiger charge is -2.18. The second-order valence-electron chi connectivity index (χ2n) is 6.63. The number of rotatable bonds is 5. The van der Waals surface area contributed by atoms with Crippen molar-refractivity contribution < 1.29 is 8.42 Å². The van der Waals surface area contributed by atoms with Crippen molar-refractivity contribution in [1.29, 1.82) is 0 Å². The summed E-state index contributed by atoms with van der Waals surface area (Å²) in [6, 6.07) is 11.2. The Kier molecular flexibility index (Phi) is 4.98. The maximum absolute atomic E-state index is 12.9. The van der Waals surface area contributed by atoms with E-state index in [1.54, 1.807) is 12.5 Å². The van der Waals surface area contributed by atoms with Gasteiger partial charge in [0.15, 0.2) is 0 Å². The predicted molar refractivity (Wildman–Crippen MR) is 103 cm³/mol. The lowest BCUT2D eigenvalue weighted by molar-refractivity contribution is 0.565. The summed E-state index contributed by atoms with van der Waals surface area (Å²) in [5.74, 6) is 0. The van der Waals surface area contributed by atoms with Gasteiger partial charge in [0.1, 0.15) is 0 Å². The normalized spacial score (nSPS) is 12.9. The highest BCUT2D eigenvalue weighted by molar-refractivity contribution is 7.89. The first-order chi connectivity index (χ1) is 12.3. The first-order valence-electron chi connectivity index (χ1n) is 8.46. The van der Waals surface area contributed by atoms with Crippen molar-refractivity contribution in [2.24, 2.45) is 0 Å². The topological polar surface area (TPSA) is 64.0 Å². The molecule has 0 saturated carbocycles. The summed E-state index contributed by atoms with van der Waals surface area (Å²) in [6.07, 6.45) is 5.31. The Hall–Kier alpha value is -2.44. The summed E-state index contributed by atoms with van der Waals surface area (Å²) in [4.78, 5) is 4.40. The Balaban J connectivity index is 1.84. The van der Waals surface area contributed by atoms with Crippen LogP contribution in [0.25, 0.3) is 5.69 Å². The molecule has 136 valence electrons. The maximum atomic E-state index is 12.9. The molecule has 1 N–H and O–H groups in total. The number of nitrogens with one attached hydrogen (secondary N) is 1. The van der Waals surface area contributed by atoms with Crippen molar-refractivity contribution in [2.75, 3.05) is 0 Å². The molecule has 3 rings (SSSR count). The number of imidazole rings is 1. The minimum Gasteiger partial charge on any atom is -0.306 e. The summed E-state index contributed by atoms with van der Waals surface area (Å²) in [7, 11) is -3.60. The van der Waals surface area contributed by atoms with Crippen LogP contribution in [0.2, 0.25) is 0 Å². The third kappa shape index (κ3) is 3.71. The van der Waals surface area contributed by atoms with Crippen LogP contribution in [0.5, 0.6) is 0 Å². The van der Waals surface area contributed by atoms with Gasteiger partial charge in [-0.25, -0.2) is 18.1 Å². The molecule has 0 amide bonds. The summed E-state index contributed by atoms with van der Waals surface area (Å²) < 4.78 is 30.5. The van der Waals surface area contributed by atoms with Gasteiger partial charge >= 0.3 is 0 Å². The van der Waals surface area contributed by atoms with Crippen LogP contribution in [-0.2, 0) is 10.0 Å². The van der Waals surface area contributed by atoms with Crippen LogP contribution >= 0.6 is 0 Å². The lowest BCUT2D eigenvalue weighted by atomic mass is 10.1. The molecular weight excluding hydrogens is 346 g/mol. The van der Waals surface area contributed by atoms with Crippen molar-refractivity contribution >= 4 is 10.0 Å². The van der Waals surface area contributed by atoms with Crippen LogP contribution in [0.3, 0.4) is 0 Å². The molecule has 1 aromatic heterocycles. The fourth-order valence-corrected chi connectivity index (χ4v) is 4.98. The molecule has 3 aromatic rings. The molecule has 1 atom stereocenters. The Morgan fingerprint density at radius 1 is 1.04 bits per heavy atom. The minimum absolute atomic E-state index is 0.336. The standard InChI is InChI=1S/C20H23N3O2S/c1-14-11-15(2)20(16(3)12-14)26(24,25)22-17(4)18-5-7-19(8-6-18)23-10-9-21-13-23/h5-13,17,22H,1-4H3. The largest absolute Gasteiger partial charge is 0.306 e. The molecule has 6 heteroatoms. The molecule has 2 aromatic carbocycles. The van der Waals surface area contributed by atoms with E-state index in [2.05, 4.69) is 9.71 Å². The Morgan fingerprint density at radius 3 is 2.19 bits per heavy atom. The summed E-state index contributed by atoms with van der Waals surface area (Å²) >= 11 is 0. The average molecular weight is 369 g/mol. The molecule has 0 aliphatic heterocycles. The van der Waals surface area contributed by atoms with Gasteiger partial charge in [-0.3, -0.25) is 0 Å². The predicted octanol–water partition coefficient (Wildman–Crippen LogP) is 3.84. The molecule has 0 saturated heterocycles. The van der Waals surface area contributed by atoms with Gasteiger partial charge in [0.25, 0.3) is 0 Å². The molecule has 0 bridgehead atoms. The molecule has 0 aliphatic carbocycles. The average Bonchev–Trinajstić information content (AvgIpc) is 3.07. The minimum atomic E-state index is -3.60. The highest BCUT2D eigenvalue weighted by atomic mass is 32.2. The lowest BCUT2D eigenvalue weighted by Crippen LogP contribution is -2.28. The third-order valence-corrected chi connectivity index (χ3v) is 6.25. The van der Waals surface area contributed by atoms with E-state index in [0.717, 1.165) is 27.9 Å². The Morgan fingerprint density at radius 2 is 1.65 bits per heavy atom. The fourth-order valence-electron chi connectivity index (χ4n) is 3.30. The van der Waals surface area contributed by atoms with Crippen LogP contribution in [-0.4, -0.2) is 18.0 Å². The van der Waals surface area contributed by atoms with Gasteiger partial charge < -0.3 is 4.57 Å². The van der Waals surface area contributed by atoms with E-state index in [9.17, 15) is 8.42 Å². The number of hydrogen-bond donors (Lipinski definition) is 1. The van der Waals surface area contributed by atoms with E-state index in [-0.39, 0.29) is 6.04 Å². The van der Waals surface area contributed by atoms with Crippen LogP contribution in [0.4, 0.5) is 0 Å². The molecule has 1 unspecified atom stereocenters. The van der Waals surface area contributed by atoms with Gasteiger partial charge in [-0.05, 0) is 56.5 Å². The Bertz CT molecular complexity index is 985. The summed E-state index contributed by atoms with van der Waals surface area (Å²) in [5, 5.41) is 0. The van der Waals surface area contributed by atoms with Crippen molar-refractivity contribution in [3.05, 3.63) is 77.4 Å². The van der Waals surface area contributed by atoms with Gasteiger partial charge in [-0.1, -0.05) is 29.8 Å². The summed E-state index contributed by atoms with van der Waals surface area (Å²) in [6.45, 7) is 7.48. The molecule has 0 fully saturated rings. The number of hydrogen-bond acceptors (Lipinski definition) is 3. The molecule has 1 heterocycles. The Labute approximate surface area is 154 Å². The molecule has 0 radical (unpaired) electrons. The zero-order chi connectivity index (χ0) is 18.9. The van der Waals surface area contributed by atoms with E-state index in [4.69, 9.17) is 0 Å². The van der Waals surface area contributed by atoms with Gasteiger partial charge in [-0.15, -0.1) is 0 Å². The van der Waals surface area contributed by atoms with Crippen LogP contribution in [0.1, 0.15) is 35.2 Å². The monoisotopic (exact) mass is 369 g/mol. The van der Waals surface area contributed by atoms with Crippen molar-refractivity contribution in [3.8, 4) is 5.69 Å². The molecular formula is C20H23N3O2S. The van der Waals surface area contributed by atoms with Crippen LogP contribution in [0.15, 0.2) is 60.0 Å². The van der Waals surface area contributed by atoms with Crippen LogP contribution in [0, 0.1) is 20.8 Å². The quantitative estimate of drug-likeness (QED) is 0.743. The van der Waals surface area contributed by atoms with E-state index < -0.39 is 10.0 Å². The second-order valence-corrected chi connectivity index (χ2v) is 8.28. The molecule has 0 spiro atoms. The van der Waals surface area contributed by atoms with Gasteiger partial charge in [0.2, 0.25) is 10.0 Å². The second kappa shape index (κ2) is 7.05. The van der Waals surface area contributed by atoms with Gasteiger partial charge in [0, 0.05) is 24.1 Å². The fraction of sp³-hybridized carbons (Fsp3) is 0.250.